The van der Waals surface area contributed by atoms with Crippen LogP contribution in [0.25, 0.3) is 0 Å². The van der Waals surface area contributed by atoms with Crippen molar-refractivity contribution in [2.24, 2.45) is 0 Å². The van der Waals surface area contributed by atoms with E-state index in [1.165, 1.54) is 30.3 Å². The summed E-state index contributed by atoms with van der Waals surface area (Å²) < 4.78 is 108. The zero-order valence-electron chi connectivity index (χ0n) is 22.6. The molecule has 0 heterocycles. The first-order valence-corrected chi connectivity index (χ1v) is 14.6. The highest BCUT2D eigenvalue weighted by atomic mass is 31.2. The topological polar surface area (TPSA) is 87.6 Å². The van der Waals surface area contributed by atoms with Crippen LogP contribution in [0, 0.1) is 0 Å². The largest absolute Gasteiger partial charge is 0.457 e. The second-order valence-electron chi connectivity index (χ2n) is 9.61. The van der Waals surface area contributed by atoms with Crippen molar-refractivity contribution in [3.8, 4) is 23.0 Å². The third-order valence-electron chi connectivity index (χ3n) is 6.63. The van der Waals surface area contributed by atoms with E-state index >= 15 is 4.57 Å². The molecule has 12 heteroatoms. The number of ether oxygens (including phenoxy) is 2. The molecule has 0 spiro atoms. The van der Waals surface area contributed by atoms with Crippen LogP contribution in [0.5, 0.6) is 23.0 Å². The first-order valence-electron chi connectivity index (χ1n) is 12.9. The van der Waals surface area contributed by atoms with Crippen LogP contribution in [-0.2, 0) is 16.9 Å². The summed E-state index contributed by atoms with van der Waals surface area (Å²) in [5.41, 5.74) is 7.85. The Bertz CT molecular complexity index is 1800. The molecule has 0 atom stereocenters. The predicted octanol–water partition coefficient (Wildman–Crippen LogP) is 8.11. The Kier molecular flexibility index (Phi) is 8.09. The molecule has 0 aliphatic rings. The van der Waals surface area contributed by atoms with Gasteiger partial charge in [0.25, 0.3) is 0 Å². The third-order valence-corrected chi connectivity index (χ3v) is 9.71. The predicted molar refractivity (Wildman–Crippen MR) is 158 cm³/mol. The van der Waals surface area contributed by atoms with Crippen molar-refractivity contribution in [1.29, 1.82) is 0 Å². The van der Waals surface area contributed by atoms with Crippen LogP contribution in [-0.4, -0.2) is 0 Å². The maximum atomic E-state index is 15.2. The molecule has 0 unspecified atom stereocenters. The van der Waals surface area contributed by atoms with E-state index in [0.29, 0.717) is 10.6 Å². The second kappa shape index (κ2) is 11.7. The fourth-order valence-electron chi connectivity index (χ4n) is 4.55. The fourth-order valence-corrected chi connectivity index (χ4v) is 7.33. The Labute approximate surface area is 248 Å². The van der Waals surface area contributed by atoms with E-state index in [-0.39, 0.29) is 28.3 Å². The van der Waals surface area contributed by atoms with Crippen molar-refractivity contribution in [2.45, 2.75) is 12.4 Å². The summed E-state index contributed by atoms with van der Waals surface area (Å²) in [5.74, 6) is -0.513. The van der Waals surface area contributed by atoms with Crippen LogP contribution in [0.4, 0.5) is 37.7 Å². The van der Waals surface area contributed by atoms with E-state index in [2.05, 4.69) is 0 Å². The van der Waals surface area contributed by atoms with Gasteiger partial charge in [0.1, 0.15) is 23.0 Å². The number of hydrogen-bond acceptors (Lipinski definition) is 5. The maximum absolute atomic E-state index is 15.2. The molecular weight excluding hydrogens is 605 g/mol. The Morgan fingerprint density at radius 3 is 1.39 bits per heavy atom. The number of alkyl halides is 6. The summed E-state index contributed by atoms with van der Waals surface area (Å²) >= 11 is 0. The van der Waals surface area contributed by atoms with Gasteiger partial charge in [-0.15, -0.1) is 0 Å². The summed E-state index contributed by atoms with van der Waals surface area (Å²) in [6.45, 7) is 0. The van der Waals surface area contributed by atoms with Crippen molar-refractivity contribution in [3.05, 3.63) is 126 Å². The highest BCUT2D eigenvalue weighted by Crippen LogP contribution is 2.47. The first kappa shape index (κ1) is 30.6. The van der Waals surface area contributed by atoms with Crippen LogP contribution < -0.4 is 36.9 Å². The molecule has 44 heavy (non-hydrogen) atoms. The quantitative estimate of drug-likeness (QED) is 0.108. The molecule has 5 aromatic rings. The van der Waals surface area contributed by atoms with Gasteiger partial charge in [-0.1, -0.05) is 60.7 Å². The minimum atomic E-state index is -4.76. The molecule has 5 rings (SSSR count). The fraction of sp³-hybridized carbons (Fsp3) is 0.0625. The van der Waals surface area contributed by atoms with Crippen LogP contribution in [0.1, 0.15) is 11.1 Å². The number of anilines is 2. The van der Waals surface area contributed by atoms with Crippen molar-refractivity contribution < 1.29 is 40.4 Å². The van der Waals surface area contributed by atoms with Crippen LogP contribution in [0.15, 0.2) is 115 Å². The zero-order chi connectivity index (χ0) is 31.7. The van der Waals surface area contributed by atoms with Gasteiger partial charge in [-0.05, 0) is 54.6 Å². The molecule has 0 amide bonds. The number of nitrogens with two attached hydrogens (primary N) is 2. The Morgan fingerprint density at radius 2 is 0.932 bits per heavy atom. The standard InChI is InChI=1S/C32H23F6N2O3P/c33-31(34,35)25-17-20(11-14-27(25)39)42-22-13-16-29(43-21-12-15-28(40)26(18-21)32(36,37)38)30(19-22)44(41,23-7-3-1-4-8-23)24-9-5-2-6-10-24/h1-19H,39-40H2. The molecule has 0 saturated heterocycles. The lowest BCUT2D eigenvalue weighted by Crippen LogP contribution is -2.26. The summed E-state index contributed by atoms with van der Waals surface area (Å²) in [7, 11) is -3.83. The Morgan fingerprint density at radius 1 is 0.523 bits per heavy atom. The summed E-state index contributed by atoms with van der Waals surface area (Å²) in [6, 6.07) is 26.7. The van der Waals surface area contributed by atoms with Gasteiger partial charge in [-0.25, -0.2) is 0 Å². The Hall–Kier alpha value is -4.89. The normalized spacial score (nSPS) is 12.1. The smallest absolute Gasteiger partial charge is 0.418 e. The lowest BCUT2D eigenvalue weighted by molar-refractivity contribution is -0.137. The molecule has 5 nitrogen and oxygen atoms in total. The number of halogens is 6. The molecule has 226 valence electrons. The second-order valence-corrected chi connectivity index (χ2v) is 12.3. The molecule has 4 N–H and O–H groups in total. The van der Waals surface area contributed by atoms with Gasteiger partial charge >= 0.3 is 12.4 Å². The van der Waals surface area contributed by atoms with Crippen LogP contribution >= 0.6 is 7.14 Å². The van der Waals surface area contributed by atoms with E-state index in [0.717, 1.165) is 24.3 Å². The van der Waals surface area contributed by atoms with E-state index in [9.17, 15) is 26.3 Å². The van der Waals surface area contributed by atoms with E-state index in [1.54, 1.807) is 60.7 Å². The van der Waals surface area contributed by atoms with Crippen LogP contribution in [0.3, 0.4) is 0 Å². The van der Waals surface area contributed by atoms with Crippen molar-refractivity contribution >= 4 is 34.4 Å². The average molecular weight is 629 g/mol. The molecule has 0 aliphatic carbocycles. The lowest BCUT2D eigenvalue weighted by Gasteiger charge is -2.23. The highest BCUT2D eigenvalue weighted by Gasteiger charge is 2.36. The molecule has 0 radical (unpaired) electrons. The van der Waals surface area contributed by atoms with Gasteiger partial charge in [0.05, 0.1) is 16.4 Å². The van der Waals surface area contributed by atoms with Gasteiger partial charge in [-0.2, -0.15) is 26.3 Å². The summed E-state index contributed by atoms with van der Waals surface area (Å²) in [4.78, 5) is 0. The number of hydrogen-bond donors (Lipinski definition) is 2. The van der Waals surface area contributed by atoms with Gasteiger partial charge in [0.2, 0.25) is 0 Å². The van der Waals surface area contributed by atoms with Crippen molar-refractivity contribution in [3.63, 3.8) is 0 Å². The minimum absolute atomic E-state index is 0.00869. The maximum Gasteiger partial charge on any atom is 0.418 e. The van der Waals surface area contributed by atoms with Crippen molar-refractivity contribution in [2.75, 3.05) is 11.5 Å². The lowest BCUT2D eigenvalue weighted by atomic mass is 10.1. The van der Waals surface area contributed by atoms with E-state index in [4.69, 9.17) is 20.9 Å². The van der Waals surface area contributed by atoms with Gasteiger partial charge < -0.3 is 25.5 Å². The average Bonchev–Trinajstić information content (AvgIpc) is 2.99. The number of nitrogen functional groups attached to an aromatic ring is 2. The van der Waals surface area contributed by atoms with E-state index in [1.807, 2.05) is 0 Å². The van der Waals surface area contributed by atoms with Gasteiger partial charge in [-0.3, -0.25) is 0 Å². The van der Waals surface area contributed by atoms with Gasteiger partial charge in [0, 0.05) is 22.0 Å². The molecular formula is C32H23F6N2O3P. The van der Waals surface area contributed by atoms with E-state index < -0.39 is 42.0 Å². The number of benzene rings is 5. The molecule has 0 saturated carbocycles. The van der Waals surface area contributed by atoms with Crippen LogP contribution in [0.2, 0.25) is 0 Å². The van der Waals surface area contributed by atoms with Gasteiger partial charge in [0.15, 0.2) is 7.14 Å². The molecule has 0 bridgehead atoms. The first-order chi connectivity index (χ1) is 20.8. The zero-order valence-corrected chi connectivity index (χ0v) is 23.5. The molecule has 5 aromatic carbocycles. The third kappa shape index (κ3) is 6.23. The molecule has 0 fully saturated rings. The highest BCUT2D eigenvalue weighted by molar-refractivity contribution is 7.85. The molecule has 0 aliphatic heterocycles. The number of rotatable bonds is 7. The Balaban J connectivity index is 1.69. The summed E-state index contributed by atoms with van der Waals surface area (Å²) in [6.07, 6.45) is -9.50. The SMILES string of the molecule is Nc1ccc(Oc2ccc(Oc3ccc(N)c(C(F)(F)F)c3)c(P(=O)(c3ccccc3)c3ccccc3)c2)cc1C(F)(F)F. The summed E-state index contributed by atoms with van der Waals surface area (Å²) in [5, 5.41) is 0.769. The molecule has 0 aromatic heterocycles. The monoisotopic (exact) mass is 628 g/mol. The van der Waals surface area contributed by atoms with Crippen molar-refractivity contribution in [1.82, 2.24) is 0 Å². The minimum Gasteiger partial charge on any atom is -0.457 e.